The minimum atomic E-state index is 0.638. The maximum atomic E-state index is 10.1. The molecule has 0 aliphatic heterocycles. The molecule has 36 heavy (non-hydrogen) atoms. The van der Waals surface area contributed by atoms with Crippen LogP contribution in [-0.2, 0) is 4.79 Å². The van der Waals surface area contributed by atoms with Gasteiger partial charge in [0.25, 0.3) is 0 Å². The van der Waals surface area contributed by atoms with Crippen molar-refractivity contribution in [1.29, 1.82) is 0 Å². The van der Waals surface area contributed by atoms with Gasteiger partial charge in [-0.1, -0.05) is 206 Å². The highest BCUT2D eigenvalue weighted by Crippen LogP contribution is 2.16. The predicted molar refractivity (Wildman–Crippen MR) is 164 cm³/mol. The van der Waals surface area contributed by atoms with Crippen molar-refractivity contribution >= 4 is 6.29 Å². The van der Waals surface area contributed by atoms with E-state index < -0.39 is 0 Å². The largest absolute Gasteiger partial charge is 0.291 e. The lowest BCUT2D eigenvalue weighted by atomic mass is 10.0. The second-order valence-corrected chi connectivity index (χ2v) is 11.9. The van der Waals surface area contributed by atoms with Gasteiger partial charge in [0.05, 0.1) is 0 Å². The molecular formula is C35H69O. The van der Waals surface area contributed by atoms with Gasteiger partial charge in [-0.15, -0.1) is 0 Å². The summed E-state index contributed by atoms with van der Waals surface area (Å²) in [5.74, 6) is 0. The van der Waals surface area contributed by atoms with Gasteiger partial charge in [0.2, 0.25) is 0 Å². The molecule has 0 aliphatic rings. The van der Waals surface area contributed by atoms with Crippen LogP contribution in [0.15, 0.2) is 0 Å². The fourth-order valence-electron chi connectivity index (χ4n) is 5.57. The first-order valence-corrected chi connectivity index (χ1v) is 17.3. The van der Waals surface area contributed by atoms with Crippen LogP contribution < -0.4 is 0 Å². The highest BCUT2D eigenvalue weighted by Gasteiger charge is 1.97. The van der Waals surface area contributed by atoms with Crippen molar-refractivity contribution in [1.82, 2.24) is 0 Å². The van der Waals surface area contributed by atoms with Gasteiger partial charge in [-0.3, -0.25) is 4.79 Å². The van der Waals surface area contributed by atoms with Crippen molar-refractivity contribution in [2.75, 3.05) is 0 Å². The Morgan fingerprint density at radius 2 is 0.444 bits per heavy atom. The summed E-state index contributed by atoms with van der Waals surface area (Å²) in [6.07, 6.45) is 48.6. The lowest BCUT2D eigenvalue weighted by Crippen LogP contribution is -1.85. The Hall–Kier alpha value is -0.330. The lowest BCUT2D eigenvalue weighted by Gasteiger charge is -2.04. The van der Waals surface area contributed by atoms with E-state index in [0.717, 1.165) is 6.42 Å². The molecule has 0 aromatic rings. The average Bonchev–Trinajstić information content (AvgIpc) is 2.89. The number of unbranched alkanes of at least 4 members (excludes halogenated alkanes) is 32. The first kappa shape index (κ1) is 35.7. The van der Waals surface area contributed by atoms with Crippen molar-refractivity contribution in [3.63, 3.8) is 0 Å². The van der Waals surface area contributed by atoms with Crippen LogP contribution in [0, 0.1) is 0 Å². The van der Waals surface area contributed by atoms with Crippen LogP contribution in [-0.4, -0.2) is 6.29 Å². The third-order valence-electron chi connectivity index (χ3n) is 8.13. The van der Waals surface area contributed by atoms with Gasteiger partial charge in [0, 0.05) is 6.42 Å². The van der Waals surface area contributed by atoms with E-state index in [9.17, 15) is 4.79 Å². The molecule has 0 atom stereocenters. The van der Waals surface area contributed by atoms with Crippen LogP contribution in [0.1, 0.15) is 219 Å². The standard InChI is InChI=1S/C35H69O/c1-2-3-4-5-6-7-8-9-10-11-12-13-14-15-16-17-18-19-20-21-22-23-24-25-26-27-28-29-30-31-32-33-34-35-36/h2-34H2,1H3. The zero-order valence-corrected chi connectivity index (χ0v) is 25.2. The molecule has 0 aliphatic carbocycles. The molecule has 1 heteroatoms. The van der Waals surface area contributed by atoms with Gasteiger partial charge < -0.3 is 0 Å². The van der Waals surface area contributed by atoms with Crippen molar-refractivity contribution in [3.8, 4) is 0 Å². The summed E-state index contributed by atoms with van der Waals surface area (Å²) in [4.78, 5) is 10.1. The Kier molecular flexibility index (Phi) is 34.4. The second kappa shape index (κ2) is 34.7. The minimum absolute atomic E-state index is 0.638. The summed E-state index contributed by atoms with van der Waals surface area (Å²) in [5, 5.41) is 0. The summed E-state index contributed by atoms with van der Waals surface area (Å²) < 4.78 is 0. The molecule has 0 saturated carbocycles. The molecule has 0 saturated heterocycles. The molecule has 0 rings (SSSR count). The Labute approximate surface area is 229 Å². The number of hydrogen-bond acceptors (Lipinski definition) is 1. The Bertz CT molecular complexity index is 377. The molecule has 0 aromatic heterocycles. The molecule has 0 aromatic carbocycles. The summed E-state index contributed by atoms with van der Waals surface area (Å²) >= 11 is 0. The molecule has 1 nitrogen and oxygen atoms in total. The van der Waals surface area contributed by atoms with Crippen LogP contribution in [0.25, 0.3) is 0 Å². The monoisotopic (exact) mass is 506 g/mol. The first-order valence-electron chi connectivity index (χ1n) is 17.3. The van der Waals surface area contributed by atoms with E-state index >= 15 is 0 Å². The van der Waals surface area contributed by atoms with Gasteiger partial charge in [-0.2, -0.15) is 0 Å². The Morgan fingerprint density at radius 1 is 0.278 bits per heavy atom. The first-order chi connectivity index (χ1) is 17.9. The van der Waals surface area contributed by atoms with E-state index in [2.05, 4.69) is 6.92 Å². The molecule has 0 spiro atoms. The molecule has 0 fully saturated rings. The summed E-state index contributed by atoms with van der Waals surface area (Å²) in [5.41, 5.74) is 0. The van der Waals surface area contributed by atoms with Gasteiger partial charge in [-0.25, -0.2) is 0 Å². The molecule has 1 radical (unpaired) electrons. The van der Waals surface area contributed by atoms with Crippen LogP contribution in [0.4, 0.5) is 0 Å². The minimum Gasteiger partial charge on any atom is -0.291 e. The topological polar surface area (TPSA) is 17.1 Å². The highest BCUT2D eigenvalue weighted by atomic mass is 16.1. The summed E-state index contributed by atoms with van der Waals surface area (Å²) in [7, 11) is 0. The fourth-order valence-corrected chi connectivity index (χ4v) is 5.57. The molecule has 0 N–H and O–H groups in total. The zero-order chi connectivity index (χ0) is 26.0. The Balaban J connectivity index is 3.00. The van der Waals surface area contributed by atoms with Crippen molar-refractivity contribution in [2.45, 2.75) is 219 Å². The normalized spacial score (nSPS) is 11.4. The van der Waals surface area contributed by atoms with E-state index in [-0.39, 0.29) is 0 Å². The van der Waals surface area contributed by atoms with Crippen molar-refractivity contribution in [3.05, 3.63) is 0 Å². The summed E-state index contributed by atoms with van der Waals surface area (Å²) in [6, 6.07) is 0. The third-order valence-corrected chi connectivity index (χ3v) is 8.13. The van der Waals surface area contributed by atoms with E-state index in [1.807, 2.05) is 6.29 Å². The van der Waals surface area contributed by atoms with E-state index in [0.29, 0.717) is 6.42 Å². The fraction of sp³-hybridized carbons (Fsp3) is 0.971. The Morgan fingerprint density at radius 3 is 0.611 bits per heavy atom. The van der Waals surface area contributed by atoms with Crippen LogP contribution >= 0.6 is 0 Å². The molecule has 215 valence electrons. The number of hydrogen-bond donors (Lipinski definition) is 0. The second-order valence-electron chi connectivity index (χ2n) is 11.9. The smallest absolute Gasteiger partial charge is 0.198 e. The predicted octanol–water partition coefficient (Wildman–Crippen LogP) is 13.0. The van der Waals surface area contributed by atoms with Gasteiger partial charge in [-0.05, 0) is 6.42 Å². The average molecular weight is 506 g/mol. The zero-order valence-electron chi connectivity index (χ0n) is 25.2. The van der Waals surface area contributed by atoms with Crippen molar-refractivity contribution in [2.24, 2.45) is 0 Å². The SMILES string of the molecule is CCCCCCCCCCCCCCCCCCCCCCCCCCCCCCCCCC[C]=O. The lowest BCUT2D eigenvalue weighted by molar-refractivity contribution is 0.511. The van der Waals surface area contributed by atoms with Crippen LogP contribution in [0.2, 0.25) is 0 Å². The number of rotatable bonds is 33. The molecule has 0 heterocycles. The molecular weight excluding hydrogens is 436 g/mol. The van der Waals surface area contributed by atoms with E-state index in [4.69, 9.17) is 0 Å². The quantitative estimate of drug-likeness (QED) is 0.0810. The van der Waals surface area contributed by atoms with Crippen LogP contribution in [0.5, 0.6) is 0 Å². The highest BCUT2D eigenvalue weighted by molar-refractivity contribution is 5.50. The molecule has 0 amide bonds. The van der Waals surface area contributed by atoms with Gasteiger partial charge in [0.15, 0.2) is 6.29 Å². The van der Waals surface area contributed by atoms with Gasteiger partial charge in [0.1, 0.15) is 0 Å². The van der Waals surface area contributed by atoms with Gasteiger partial charge >= 0.3 is 0 Å². The van der Waals surface area contributed by atoms with E-state index in [1.165, 1.54) is 199 Å². The summed E-state index contributed by atoms with van der Waals surface area (Å²) in [6.45, 7) is 2.30. The van der Waals surface area contributed by atoms with E-state index in [1.54, 1.807) is 0 Å². The van der Waals surface area contributed by atoms with Crippen molar-refractivity contribution < 1.29 is 4.79 Å². The maximum absolute atomic E-state index is 10.1. The third kappa shape index (κ3) is 33.7. The maximum Gasteiger partial charge on any atom is 0.198 e. The molecule has 0 unspecified atom stereocenters. The molecule has 0 bridgehead atoms. The number of carbonyl (C=O) groups excluding carboxylic acids is 1. The van der Waals surface area contributed by atoms with Crippen LogP contribution in [0.3, 0.4) is 0 Å².